The minimum absolute atomic E-state index is 0.148. The molecule has 0 radical (unpaired) electrons. The summed E-state index contributed by atoms with van der Waals surface area (Å²) in [5.41, 5.74) is 4.85. The normalized spacial score (nSPS) is 20.3. The number of halogens is 1. The van der Waals surface area contributed by atoms with Gasteiger partial charge in [0.2, 0.25) is 0 Å². The van der Waals surface area contributed by atoms with Gasteiger partial charge in [-0.25, -0.2) is 4.39 Å². The number of benzene rings is 1. The number of aryl methyl sites for hydroxylation is 1. The number of hydrogen-bond acceptors (Lipinski definition) is 2. The van der Waals surface area contributed by atoms with Gasteiger partial charge in [0, 0.05) is 12.6 Å². The van der Waals surface area contributed by atoms with Crippen LogP contribution in [0.3, 0.4) is 0 Å². The van der Waals surface area contributed by atoms with E-state index in [1.807, 2.05) is 19.2 Å². The van der Waals surface area contributed by atoms with Gasteiger partial charge in [-0.15, -0.1) is 0 Å². The van der Waals surface area contributed by atoms with E-state index in [0.717, 1.165) is 17.5 Å². The molecule has 1 aliphatic rings. The van der Waals surface area contributed by atoms with Crippen LogP contribution in [-0.2, 0) is 0 Å². The quantitative estimate of drug-likeness (QED) is 0.700. The molecule has 0 spiro atoms. The molecule has 0 saturated heterocycles. The highest BCUT2D eigenvalue weighted by molar-refractivity contribution is 5.60. The van der Waals surface area contributed by atoms with Crippen LogP contribution in [0.1, 0.15) is 23.6 Å². The van der Waals surface area contributed by atoms with Gasteiger partial charge in [0.25, 0.3) is 0 Å². The zero-order valence-electron chi connectivity index (χ0n) is 7.42. The lowest BCUT2D eigenvalue weighted by atomic mass is 10.0. The van der Waals surface area contributed by atoms with Crippen molar-refractivity contribution in [2.24, 2.45) is 5.10 Å². The number of nitrogens with one attached hydrogen (secondary N) is 1. The van der Waals surface area contributed by atoms with Crippen LogP contribution in [0.25, 0.3) is 0 Å². The second-order valence-corrected chi connectivity index (χ2v) is 3.29. The Hall–Kier alpha value is -1.38. The minimum atomic E-state index is -0.177. The van der Waals surface area contributed by atoms with Gasteiger partial charge in [-0.1, -0.05) is 6.07 Å². The number of nitrogens with zero attached hydrogens (tertiary/aromatic N) is 1. The molecule has 0 bridgehead atoms. The van der Waals surface area contributed by atoms with Gasteiger partial charge in [-0.05, 0) is 30.2 Å². The molecular formula is C10H11FN2. The summed E-state index contributed by atoms with van der Waals surface area (Å²) in [6.07, 6.45) is 2.65. The molecule has 3 heteroatoms. The third-order valence-corrected chi connectivity index (χ3v) is 2.13. The smallest absolute Gasteiger partial charge is 0.123 e. The van der Waals surface area contributed by atoms with Crippen molar-refractivity contribution in [3.63, 3.8) is 0 Å². The van der Waals surface area contributed by atoms with Crippen LogP contribution < -0.4 is 5.43 Å². The lowest BCUT2D eigenvalue weighted by Gasteiger charge is -2.10. The molecule has 2 rings (SSSR count). The summed E-state index contributed by atoms with van der Waals surface area (Å²) in [7, 11) is 0. The molecule has 68 valence electrons. The Morgan fingerprint density at radius 1 is 1.46 bits per heavy atom. The molecule has 1 aromatic rings. The molecule has 1 aromatic carbocycles. The van der Waals surface area contributed by atoms with Crippen LogP contribution in [0.15, 0.2) is 23.3 Å². The Morgan fingerprint density at radius 3 is 2.92 bits per heavy atom. The highest BCUT2D eigenvalue weighted by Crippen LogP contribution is 2.20. The van der Waals surface area contributed by atoms with Crippen molar-refractivity contribution < 1.29 is 4.39 Å². The van der Waals surface area contributed by atoms with Crippen LogP contribution in [0.5, 0.6) is 0 Å². The van der Waals surface area contributed by atoms with Crippen molar-refractivity contribution >= 4 is 6.21 Å². The zero-order valence-corrected chi connectivity index (χ0v) is 7.42. The third-order valence-electron chi connectivity index (χ3n) is 2.13. The second-order valence-electron chi connectivity index (χ2n) is 3.29. The van der Waals surface area contributed by atoms with Crippen LogP contribution in [0.2, 0.25) is 0 Å². The topological polar surface area (TPSA) is 24.4 Å². The van der Waals surface area contributed by atoms with Crippen LogP contribution >= 0.6 is 0 Å². The molecule has 1 aliphatic heterocycles. The maximum Gasteiger partial charge on any atom is 0.123 e. The van der Waals surface area contributed by atoms with E-state index in [1.165, 1.54) is 6.07 Å². The van der Waals surface area contributed by atoms with Crippen LogP contribution in [0.4, 0.5) is 4.39 Å². The zero-order chi connectivity index (χ0) is 9.26. The summed E-state index contributed by atoms with van der Waals surface area (Å²) >= 11 is 0. The molecule has 2 nitrogen and oxygen atoms in total. The molecule has 1 unspecified atom stereocenters. The predicted molar refractivity (Wildman–Crippen MR) is 50.1 cm³/mol. The molecule has 13 heavy (non-hydrogen) atoms. The molecule has 0 fully saturated rings. The number of rotatable bonds is 1. The molecule has 1 heterocycles. The molecular weight excluding hydrogens is 167 g/mol. The van der Waals surface area contributed by atoms with Crippen molar-refractivity contribution in [3.8, 4) is 0 Å². The standard InChI is InChI=1S/C10H11FN2/c1-7-4-8(6-9(11)5-7)10-2-3-12-13-10/h3-6,10,13H,2H2,1H3. The Labute approximate surface area is 76.5 Å². The second kappa shape index (κ2) is 3.17. The Balaban J connectivity index is 2.29. The number of hydrazone groups is 1. The van der Waals surface area contributed by atoms with E-state index < -0.39 is 0 Å². The Morgan fingerprint density at radius 2 is 2.31 bits per heavy atom. The van der Waals surface area contributed by atoms with Crippen molar-refractivity contribution in [1.29, 1.82) is 0 Å². The van der Waals surface area contributed by atoms with Gasteiger partial charge in [0.1, 0.15) is 5.82 Å². The number of hydrogen-bond donors (Lipinski definition) is 1. The molecule has 1 N–H and O–H groups in total. The first-order valence-electron chi connectivity index (χ1n) is 4.30. The van der Waals surface area contributed by atoms with Crippen LogP contribution in [-0.4, -0.2) is 6.21 Å². The summed E-state index contributed by atoms with van der Waals surface area (Å²) in [4.78, 5) is 0. The van der Waals surface area contributed by atoms with Crippen molar-refractivity contribution in [2.75, 3.05) is 0 Å². The summed E-state index contributed by atoms with van der Waals surface area (Å²) in [5.74, 6) is -0.177. The highest BCUT2D eigenvalue weighted by atomic mass is 19.1. The first-order chi connectivity index (χ1) is 6.25. The van der Waals surface area contributed by atoms with Gasteiger partial charge in [0.05, 0.1) is 6.04 Å². The average molecular weight is 178 g/mol. The molecule has 0 amide bonds. The largest absolute Gasteiger partial charge is 0.303 e. The summed E-state index contributed by atoms with van der Waals surface area (Å²) < 4.78 is 13.0. The van der Waals surface area contributed by atoms with E-state index in [1.54, 1.807) is 6.07 Å². The fraction of sp³-hybridized carbons (Fsp3) is 0.300. The molecule has 1 atom stereocenters. The first-order valence-corrected chi connectivity index (χ1v) is 4.30. The van der Waals surface area contributed by atoms with E-state index in [-0.39, 0.29) is 11.9 Å². The third kappa shape index (κ3) is 1.69. The predicted octanol–water partition coefficient (Wildman–Crippen LogP) is 2.15. The van der Waals surface area contributed by atoms with E-state index in [9.17, 15) is 4.39 Å². The van der Waals surface area contributed by atoms with E-state index >= 15 is 0 Å². The lowest BCUT2D eigenvalue weighted by Crippen LogP contribution is -2.09. The average Bonchev–Trinajstić information content (AvgIpc) is 2.53. The van der Waals surface area contributed by atoms with Gasteiger partial charge >= 0.3 is 0 Å². The van der Waals surface area contributed by atoms with Crippen LogP contribution in [0, 0.1) is 12.7 Å². The van der Waals surface area contributed by atoms with Gasteiger partial charge in [-0.2, -0.15) is 5.10 Å². The molecule has 0 saturated carbocycles. The van der Waals surface area contributed by atoms with E-state index in [4.69, 9.17) is 0 Å². The Kier molecular flexibility index (Phi) is 2.00. The Bertz CT molecular complexity index is 319. The monoisotopic (exact) mass is 178 g/mol. The molecule has 0 aromatic heterocycles. The molecule has 0 aliphatic carbocycles. The fourth-order valence-electron chi connectivity index (χ4n) is 1.53. The van der Waals surface area contributed by atoms with Crippen molar-refractivity contribution in [2.45, 2.75) is 19.4 Å². The SMILES string of the molecule is Cc1cc(F)cc(C2CC=NN2)c1. The minimum Gasteiger partial charge on any atom is -0.303 e. The van der Waals surface area contributed by atoms with Gasteiger partial charge < -0.3 is 5.43 Å². The van der Waals surface area contributed by atoms with Gasteiger partial charge in [0.15, 0.2) is 0 Å². The fourth-order valence-corrected chi connectivity index (χ4v) is 1.53. The summed E-state index contributed by atoms with van der Waals surface area (Å²) in [5, 5.41) is 3.90. The first kappa shape index (κ1) is 8.23. The van der Waals surface area contributed by atoms with E-state index in [0.29, 0.717) is 0 Å². The summed E-state index contributed by atoms with van der Waals surface area (Å²) in [6.45, 7) is 1.89. The summed E-state index contributed by atoms with van der Waals surface area (Å²) in [6, 6.07) is 5.21. The maximum atomic E-state index is 13.0. The highest BCUT2D eigenvalue weighted by Gasteiger charge is 2.13. The maximum absolute atomic E-state index is 13.0. The lowest BCUT2D eigenvalue weighted by molar-refractivity contribution is 0.594. The van der Waals surface area contributed by atoms with Crippen molar-refractivity contribution in [1.82, 2.24) is 5.43 Å². The van der Waals surface area contributed by atoms with Gasteiger partial charge in [-0.3, -0.25) is 0 Å². The van der Waals surface area contributed by atoms with E-state index in [2.05, 4.69) is 10.5 Å². The van der Waals surface area contributed by atoms with Crippen molar-refractivity contribution in [3.05, 3.63) is 35.1 Å².